The average Bonchev–Trinajstić information content (AvgIpc) is 4.00. The van der Waals surface area contributed by atoms with E-state index in [9.17, 15) is 19.2 Å². The third kappa shape index (κ3) is 10.4. The number of hydrogen-bond donors (Lipinski definition) is 0. The van der Waals surface area contributed by atoms with Gasteiger partial charge in [0.15, 0.2) is 11.6 Å². The Hall–Kier alpha value is -8.90. The second-order valence-electron chi connectivity index (χ2n) is 19.4. The van der Waals surface area contributed by atoms with Crippen LogP contribution in [0.25, 0.3) is 65.2 Å². The summed E-state index contributed by atoms with van der Waals surface area (Å²) in [6, 6.07) is 47.5. The van der Waals surface area contributed by atoms with Crippen LogP contribution in [0, 0.1) is 0 Å². The second kappa shape index (κ2) is 23.1. The smallest absolute Gasteiger partial charge is 0.331 e. The number of fused-ring (bicyclic) bond motifs is 8. The number of rotatable bonds is 21. The standard InChI is InChI=1S/C66H62N4O8/c1-7-69-57-31-25-45(37-51(57)53-39-47(27-33-59(53)69)65(73)63-49-21-17-15-19-43(49)29-35-61(63)75-9-3)55(67-77-41(5)71)23-13-11-12-14-24-56(68-78-42(6)72)46-26-32-58-52(38-46)54-40-48(28-34-60(54)70(58)8-2)66(74)64-50-22-18-16-20-44(50)30-36-62(64)76-10-4/h15-22,25-40H,7-14,23-24H2,1-6H3/b67-55+,68-56+. The third-order valence-electron chi connectivity index (χ3n) is 14.5. The highest BCUT2D eigenvalue weighted by atomic mass is 16.7. The fourth-order valence-corrected chi connectivity index (χ4v) is 11.0. The number of carbonyl (C=O) groups is 4. The lowest BCUT2D eigenvalue weighted by Gasteiger charge is -2.13. The minimum absolute atomic E-state index is 0.118. The molecule has 0 radical (unpaired) electrons. The van der Waals surface area contributed by atoms with Crippen LogP contribution >= 0.6 is 0 Å². The van der Waals surface area contributed by atoms with Crippen LogP contribution in [0.5, 0.6) is 11.5 Å². The lowest BCUT2D eigenvalue weighted by molar-refractivity contribution is -0.141. The maximum atomic E-state index is 14.5. The molecule has 78 heavy (non-hydrogen) atoms. The molecule has 0 atom stereocenters. The van der Waals surface area contributed by atoms with Gasteiger partial charge in [-0.2, -0.15) is 0 Å². The highest BCUT2D eigenvalue weighted by Gasteiger charge is 2.23. The molecular weight excluding hydrogens is 977 g/mol. The molecule has 0 aliphatic rings. The average molecular weight is 1040 g/mol. The summed E-state index contributed by atoms with van der Waals surface area (Å²) in [7, 11) is 0. The van der Waals surface area contributed by atoms with Gasteiger partial charge in [-0.15, -0.1) is 0 Å². The summed E-state index contributed by atoms with van der Waals surface area (Å²) in [5.74, 6) is -0.156. The predicted octanol–water partition coefficient (Wildman–Crippen LogP) is 15.1. The Balaban J connectivity index is 0.882. The molecule has 12 nitrogen and oxygen atoms in total. The Morgan fingerprint density at radius 2 is 0.769 bits per heavy atom. The number of unbranched alkanes of at least 4 members (excludes halogenated alkanes) is 3. The number of ether oxygens (including phenoxy) is 2. The quantitative estimate of drug-likeness (QED) is 0.0228. The minimum atomic E-state index is -0.512. The van der Waals surface area contributed by atoms with Crippen molar-refractivity contribution in [1.82, 2.24) is 9.13 Å². The maximum absolute atomic E-state index is 14.5. The first-order valence-electron chi connectivity index (χ1n) is 27.0. The SMILES string of the molecule is CCOc1ccc2ccccc2c1C(=O)c1ccc2c(c1)c1cc(/C(CCCCCC/C(=N\OC(C)=O)c3ccc4c(c3)c3cc(C(=O)c5c(OCC)ccc6ccccc56)ccc3n4CC)=N/OC(C)=O)ccc1n2CC. The Morgan fingerprint density at radius 1 is 0.410 bits per heavy atom. The number of ketones is 2. The highest BCUT2D eigenvalue weighted by Crippen LogP contribution is 2.37. The zero-order valence-corrected chi connectivity index (χ0v) is 45.0. The zero-order valence-electron chi connectivity index (χ0n) is 45.0. The number of hydrogen-bond acceptors (Lipinski definition) is 10. The molecule has 0 N–H and O–H groups in total. The molecular formula is C66H62N4O8. The van der Waals surface area contributed by atoms with Gasteiger partial charge in [-0.1, -0.05) is 95.9 Å². The molecule has 8 aromatic carbocycles. The molecule has 10 aromatic rings. The molecule has 10 rings (SSSR count). The topological polar surface area (TPSA) is 140 Å². The first-order valence-corrected chi connectivity index (χ1v) is 27.0. The Labute approximate surface area is 452 Å². The van der Waals surface area contributed by atoms with Gasteiger partial charge in [0.05, 0.1) is 35.8 Å². The molecule has 0 amide bonds. The Morgan fingerprint density at radius 3 is 1.13 bits per heavy atom. The normalized spacial score (nSPS) is 12.1. The largest absolute Gasteiger partial charge is 0.493 e. The molecule has 394 valence electrons. The van der Waals surface area contributed by atoms with E-state index < -0.39 is 11.9 Å². The van der Waals surface area contributed by atoms with E-state index >= 15 is 0 Å². The minimum Gasteiger partial charge on any atom is -0.493 e. The molecule has 0 saturated heterocycles. The van der Waals surface area contributed by atoms with E-state index in [0.717, 1.165) is 115 Å². The lowest BCUT2D eigenvalue weighted by Crippen LogP contribution is -2.06. The van der Waals surface area contributed by atoms with Crippen LogP contribution in [0.2, 0.25) is 0 Å². The van der Waals surface area contributed by atoms with E-state index in [0.29, 0.717) is 71.2 Å². The summed E-state index contributed by atoms with van der Waals surface area (Å²) in [5, 5.41) is 16.1. The molecule has 0 saturated carbocycles. The number of carbonyl (C=O) groups excluding carboxylic acids is 4. The molecule has 0 unspecified atom stereocenters. The van der Waals surface area contributed by atoms with E-state index in [1.54, 1.807) is 0 Å². The van der Waals surface area contributed by atoms with Crippen molar-refractivity contribution in [3.05, 3.63) is 179 Å². The third-order valence-corrected chi connectivity index (χ3v) is 14.5. The van der Waals surface area contributed by atoms with Gasteiger partial charge in [-0.25, -0.2) is 9.59 Å². The summed E-state index contributed by atoms with van der Waals surface area (Å²) in [6.45, 7) is 13.0. The van der Waals surface area contributed by atoms with Crippen molar-refractivity contribution >= 4 is 100 Å². The van der Waals surface area contributed by atoms with E-state index in [1.165, 1.54) is 13.8 Å². The highest BCUT2D eigenvalue weighted by molar-refractivity contribution is 6.22. The van der Waals surface area contributed by atoms with Crippen molar-refractivity contribution in [2.75, 3.05) is 13.2 Å². The summed E-state index contributed by atoms with van der Waals surface area (Å²) in [6.07, 6.45) is 4.27. The number of nitrogens with zero attached hydrogens (tertiary/aromatic N) is 4. The second-order valence-corrected chi connectivity index (χ2v) is 19.4. The van der Waals surface area contributed by atoms with Crippen LogP contribution in [0.4, 0.5) is 0 Å². The number of aromatic nitrogens is 2. The molecule has 0 fully saturated rings. The van der Waals surface area contributed by atoms with Gasteiger partial charge < -0.3 is 28.3 Å². The molecule has 0 aliphatic heterocycles. The molecule has 12 heteroatoms. The van der Waals surface area contributed by atoms with Gasteiger partial charge >= 0.3 is 11.9 Å². The van der Waals surface area contributed by atoms with Crippen molar-refractivity contribution in [3.63, 3.8) is 0 Å². The van der Waals surface area contributed by atoms with Crippen LogP contribution in [-0.2, 0) is 32.4 Å². The van der Waals surface area contributed by atoms with Crippen LogP contribution in [0.1, 0.15) is 123 Å². The van der Waals surface area contributed by atoms with E-state index in [4.69, 9.17) is 19.1 Å². The van der Waals surface area contributed by atoms with Gasteiger partial charge in [0.25, 0.3) is 0 Å². The van der Waals surface area contributed by atoms with Crippen molar-refractivity contribution in [3.8, 4) is 11.5 Å². The van der Waals surface area contributed by atoms with Crippen LogP contribution in [-0.4, -0.2) is 57.3 Å². The van der Waals surface area contributed by atoms with Gasteiger partial charge in [-0.3, -0.25) is 9.59 Å². The van der Waals surface area contributed by atoms with E-state index in [1.807, 2.05) is 135 Å². The fourth-order valence-electron chi connectivity index (χ4n) is 11.0. The molecule has 0 bridgehead atoms. The number of benzene rings is 8. The maximum Gasteiger partial charge on any atom is 0.331 e. The molecule has 2 heterocycles. The van der Waals surface area contributed by atoms with Crippen molar-refractivity contribution in [1.29, 1.82) is 0 Å². The fraction of sp³-hybridized carbons (Fsp3) is 0.242. The van der Waals surface area contributed by atoms with Gasteiger partial charge in [-0.05, 0) is 148 Å². The summed E-state index contributed by atoms with van der Waals surface area (Å²) in [4.78, 5) is 63.9. The lowest BCUT2D eigenvalue weighted by atomic mass is 9.95. The number of aryl methyl sites for hydroxylation is 2. The van der Waals surface area contributed by atoms with Crippen molar-refractivity contribution in [2.24, 2.45) is 10.3 Å². The Kier molecular flexibility index (Phi) is 15.6. The predicted molar refractivity (Wildman–Crippen MR) is 312 cm³/mol. The van der Waals surface area contributed by atoms with Gasteiger partial charge in [0.2, 0.25) is 0 Å². The van der Waals surface area contributed by atoms with Gasteiger partial charge in [0, 0.05) is 92.8 Å². The van der Waals surface area contributed by atoms with Crippen molar-refractivity contribution < 1.29 is 38.3 Å². The Bertz CT molecular complexity index is 3790. The van der Waals surface area contributed by atoms with Crippen LogP contribution in [0.3, 0.4) is 0 Å². The van der Waals surface area contributed by atoms with Crippen LogP contribution in [0.15, 0.2) is 156 Å². The summed E-state index contributed by atoms with van der Waals surface area (Å²) < 4.78 is 16.5. The first kappa shape index (κ1) is 52.5. The summed E-state index contributed by atoms with van der Waals surface area (Å²) >= 11 is 0. The number of oxime groups is 2. The van der Waals surface area contributed by atoms with E-state index in [2.05, 4.69) is 57.6 Å². The summed E-state index contributed by atoms with van der Waals surface area (Å²) in [5.41, 5.74) is 9.14. The van der Waals surface area contributed by atoms with Crippen molar-refractivity contribution in [2.45, 2.75) is 93.2 Å². The zero-order chi connectivity index (χ0) is 54.5. The first-order chi connectivity index (χ1) is 38.0. The molecule has 0 spiro atoms. The van der Waals surface area contributed by atoms with Crippen LogP contribution < -0.4 is 9.47 Å². The van der Waals surface area contributed by atoms with Gasteiger partial charge in [0.1, 0.15) is 11.5 Å². The van der Waals surface area contributed by atoms with E-state index in [-0.39, 0.29) is 11.6 Å². The molecule has 2 aromatic heterocycles. The monoisotopic (exact) mass is 1040 g/mol. The molecule has 0 aliphatic carbocycles.